The van der Waals surface area contributed by atoms with Gasteiger partial charge in [-0.25, -0.2) is 0 Å². The molecule has 0 aliphatic carbocycles. The predicted octanol–water partition coefficient (Wildman–Crippen LogP) is 3.58. The van der Waals surface area contributed by atoms with Gasteiger partial charge in [0.1, 0.15) is 6.10 Å². The molecular weight excluding hydrogens is 297 g/mol. The third-order valence-electron chi connectivity index (χ3n) is 2.76. The highest BCUT2D eigenvalue weighted by atomic mass is 32.9. The van der Waals surface area contributed by atoms with Gasteiger partial charge in [0, 0.05) is 6.54 Å². The highest BCUT2D eigenvalue weighted by Crippen LogP contribution is 2.52. The van der Waals surface area contributed by atoms with Gasteiger partial charge in [0.25, 0.3) is 0 Å². The lowest BCUT2D eigenvalue weighted by atomic mass is 9.94. The molecule has 0 bridgehead atoms. The number of nitrogens with zero attached hydrogens (tertiary/aromatic N) is 1. The molecule has 2 atom stereocenters. The van der Waals surface area contributed by atoms with Crippen LogP contribution >= 0.6 is 17.9 Å². The normalized spacial score (nSPS) is 16.6. The maximum atomic E-state index is 9.74. The van der Waals surface area contributed by atoms with Crippen molar-refractivity contribution < 1.29 is 9.42 Å². The maximum Gasteiger partial charge on any atom is 0.242 e. The van der Waals surface area contributed by atoms with Gasteiger partial charge in [0.15, 0.2) is 0 Å². The van der Waals surface area contributed by atoms with Gasteiger partial charge in [-0.2, -0.15) is 0 Å². The van der Waals surface area contributed by atoms with Crippen LogP contribution in [0.2, 0.25) is 0 Å². The van der Waals surface area contributed by atoms with E-state index in [1.807, 2.05) is 37.2 Å². The summed E-state index contributed by atoms with van der Waals surface area (Å²) in [6, 6.07) is 8.11. The molecule has 0 fully saturated rings. The van der Waals surface area contributed by atoms with Gasteiger partial charge in [-0.05, 0) is 42.9 Å². The van der Waals surface area contributed by atoms with Crippen LogP contribution in [0.3, 0.4) is 0 Å². The fraction of sp³-hybridized carbons (Fsp3) is 0.538. The molecule has 2 unspecified atom stereocenters. The van der Waals surface area contributed by atoms with E-state index < -0.39 is 5.69 Å². The van der Waals surface area contributed by atoms with Crippen molar-refractivity contribution in [2.75, 3.05) is 20.6 Å². The molecule has 0 saturated heterocycles. The Morgan fingerprint density at radius 3 is 2.26 bits per heavy atom. The molecule has 0 amide bonds. The molecule has 1 aromatic rings. The summed E-state index contributed by atoms with van der Waals surface area (Å²) in [7, 11) is 3.93. The average molecular weight is 319 g/mol. The summed E-state index contributed by atoms with van der Waals surface area (Å²) in [5.41, 5.74) is -0.706. The third-order valence-corrected chi connectivity index (χ3v) is 3.83. The Bertz CT molecular complexity index is 460. The average Bonchev–Trinajstić information content (AvgIpc) is 2.25. The minimum Gasteiger partial charge on any atom is -0.338 e. The minimum absolute atomic E-state index is 0.262. The Balaban J connectivity index is 3.13. The summed E-state index contributed by atoms with van der Waals surface area (Å²) < 4.78 is 5.63. The SMILES string of the molecule is CC(C)c1ccccc1C(CN(C)C)OP(O)(=S)S. The first-order valence-corrected chi connectivity index (χ1v) is 10.0. The van der Waals surface area contributed by atoms with E-state index >= 15 is 0 Å². The first-order valence-electron chi connectivity index (χ1n) is 6.18. The Kier molecular flexibility index (Phi) is 6.51. The molecule has 3 nitrogen and oxygen atoms in total. The predicted molar refractivity (Wildman–Crippen MR) is 88.4 cm³/mol. The van der Waals surface area contributed by atoms with Gasteiger partial charge in [0.2, 0.25) is 5.69 Å². The zero-order valence-corrected chi connectivity index (χ0v) is 14.4. The molecule has 0 aromatic heterocycles. The molecule has 0 saturated carbocycles. The van der Waals surface area contributed by atoms with E-state index in [9.17, 15) is 4.89 Å². The second-order valence-electron chi connectivity index (χ2n) is 5.13. The maximum absolute atomic E-state index is 9.74. The van der Waals surface area contributed by atoms with Crippen molar-refractivity contribution >= 4 is 29.7 Å². The molecular formula is C13H22NO2PS2. The molecule has 1 aromatic carbocycles. The van der Waals surface area contributed by atoms with Crippen LogP contribution in [-0.2, 0) is 16.3 Å². The van der Waals surface area contributed by atoms with E-state index in [0.717, 1.165) is 5.56 Å². The second kappa shape index (κ2) is 7.21. The van der Waals surface area contributed by atoms with Crippen LogP contribution < -0.4 is 0 Å². The summed E-state index contributed by atoms with van der Waals surface area (Å²) in [5.74, 6) is 0.390. The zero-order chi connectivity index (χ0) is 14.6. The molecule has 0 radical (unpaired) electrons. The zero-order valence-electron chi connectivity index (χ0n) is 11.8. The largest absolute Gasteiger partial charge is 0.338 e. The van der Waals surface area contributed by atoms with Gasteiger partial charge in [0.05, 0.1) is 0 Å². The minimum atomic E-state index is -2.99. The van der Waals surface area contributed by atoms with Crippen LogP contribution in [0.4, 0.5) is 0 Å². The van der Waals surface area contributed by atoms with Crippen molar-refractivity contribution in [2.45, 2.75) is 25.9 Å². The van der Waals surface area contributed by atoms with Crippen molar-refractivity contribution in [1.82, 2.24) is 4.90 Å². The van der Waals surface area contributed by atoms with Crippen molar-refractivity contribution in [3.05, 3.63) is 35.4 Å². The highest BCUT2D eigenvalue weighted by Gasteiger charge is 2.22. The molecule has 108 valence electrons. The van der Waals surface area contributed by atoms with Crippen LogP contribution in [0.25, 0.3) is 0 Å². The number of thiol groups is 1. The summed E-state index contributed by atoms with van der Waals surface area (Å²) in [6.45, 7) is 4.94. The van der Waals surface area contributed by atoms with E-state index in [4.69, 9.17) is 16.3 Å². The number of hydrogen-bond acceptors (Lipinski definition) is 3. The molecule has 0 spiro atoms. The Morgan fingerprint density at radius 1 is 1.32 bits per heavy atom. The standard InChI is InChI=1S/C13H22NO2PS2/c1-10(2)11-7-5-6-8-12(11)13(9-14(3)4)16-17(15,18)19/h5-8,10,13H,9H2,1-4H3,(H2,15,18,19). The molecule has 0 heterocycles. The first kappa shape index (κ1) is 17.2. The lowest BCUT2D eigenvalue weighted by molar-refractivity contribution is 0.167. The fourth-order valence-electron chi connectivity index (χ4n) is 2.02. The van der Waals surface area contributed by atoms with E-state index in [-0.39, 0.29) is 6.10 Å². The Morgan fingerprint density at radius 2 is 1.84 bits per heavy atom. The monoisotopic (exact) mass is 319 g/mol. The molecule has 19 heavy (non-hydrogen) atoms. The number of likely N-dealkylation sites (N-methyl/N-ethyl adjacent to an activating group) is 1. The summed E-state index contributed by atoms with van der Waals surface area (Å²) in [4.78, 5) is 11.8. The van der Waals surface area contributed by atoms with Gasteiger partial charge >= 0.3 is 0 Å². The Hall–Kier alpha value is 0.1000. The quantitative estimate of drug-likeness (QED) is 0.620. The lowest BCUT2D eigenvalue weighted by Crippen LogP contribution is -2.22. The van der Waals surface area contributed by atoms with Gasteiger partial charge in [-0.1, -0.05) is 50.4 Å². The van der Waals surface area contributed by atoms with E-state index in [1.165, 1.54) is 5.56 Å². The molecule has 0 aliphatic heterocycles. The first-order chi connectivity index (χ1) is 8.70. The lowest BCUT2D eigenvalue weighted by Gasteiger charge is -2.26. The summed E-state index contributed by atoms with van der Waals surface area (Å²) >= 11 is 8.91. The number of hydrogen-bond donors (Lipinski definition) is 2. The summed E-state index contributed by atoms with van der Waals surface area (Å²) in [6.07, 6.45) is -0.262. The summed E-state index contributed by atoms with van der Waals surface area (Å²) in [5, 5.41) is 0. The van der Waals surface area contributed by atoms with Gasteiger partial charge < -0.3 is 14.3 Å². The second-order valence-corrected chi connectivity index (χ2v) is 10.2. The number of rotatable bonds is 6. The highest BCUT2D eigenvalue weighted by molar-refractivity contribution is 8.59. The topological polar surface area (TPSA) is 32.7 Å². The van der Waals surface area contributed by atoms with Crippen LogP contribution in [0, 0.1) is 0 Å². The van der Waals surface area contributed by atoms with Crippen LogP contribution in [0.5, 0.6) is 0 Å². The van der Waals surface area contributed by atoms with Crippen molar-refractivity contribution in [3.63, 3.8) is 0 Å². The Labute approximate surface area is 126 Å². The van der Waals surface area contributed by atoms with Gasteiger partial charge in [-0.15, -0.1) is 0 Å². The third kappa shape index (κ3) is 5.94. The fourth-order valence-corrected chi connectivity index (χ4v) is 3.18. The van der Waals surface area contributed by atoms with E-state index in [0.29, 0.717) is 12.5 Å². The molecule has 1 rings (SSSR count). The van der Waals surface area contributed by atoms with Crippen molar-refractivity contribution in [2.24, 2.45) is 0 Å². The van der Waals surface area contributed by atoms with Crippen molar-refractivity contribution in [1.29, 1.82) is 0 Å². The van der Waals surface area contributed by atoms with Crippen LogP contribution in [0.1, 0.15) is 37.0 Å². The van der Waals surface area contributed by atoms with E-state index in [1.54, 1.807) is 0 Å². The molecule has 1 N–H and O–H groups in total. The smallest absolute Gasteiger partial charge is 0.242 e. The van der Waals surface area contributed by atoms with Gasteiger partial charge in [-0.3, -0.25) is 0 Å². The van der Waals surface area contributed by atoms with E-state index in [2.05, 4.69) is 32.2 Å². The molecule has 0 aliphatic rings. The number of benzene rings is 1. The van der Waals surface area contributed by atoms with Crippen LogP contribution in [0.15, 0.2) is 24.3 Å². The molecule has 6 heteroatoms. The van der Waals surface area contributed by atoms with Crippen molar-refractivity contribution in [3.8, 4) is 0 Å². The van der Waals surface area contributed by atoms with Crippen LogP contribution in [-0.4, -0.2) is 30.4 Å².